The lowest BCUT2D eigenvalue weighted by molar-refractivity contribution is -0.117. The van der Waals surface area contributed by atoms with Crippen LogP contribution in [0.4, 0.5) is 5.00 Å². The fourth-order valence-corrected chi connectivity index (χ4v) is 3.57. The van der Waals surface area contributed by atoms with E-state index in [1.54, 1.807) is 23.4 Å². The van der Waals surface area contributed by atoms with Crippen LogP contribution in [0.3, 0.4) is 0 Å². The molecule has 1 saturated carbocycles. The maximum Gasteiger partial charge on any atom is 0.251 e. The van der Waals surface area contributed by atoms with Gasteiger partial charge in [-0.15, -0.1) is 11.3 Å². The molecule has 0 bridgehead atoms. The summed E-state index contributed by atoms with van der Waals surface area (Å²) in [4.78, 5) is 25.0. The second kappa shape index (κ2) is 6.55. The summed E-state index contributed by atoms with van der Waals surface area (Å²) in [6.45, 7) is 0.645. The number of anilines is 1. The van der Waals surface area contributed by atoms with E-state index in [1.807, 2.05) is 0 Å². The highest BCUT2D eigenvalue weighted by molar-refractivity contribution is 7.14. The van der Waals surface area contributed by atoms with Gasteiger partial charge in [-0.2, -0.15) is 0 Å². The lowest BCUT2D eigenvalue weighted by Crippen LogP contribution is -2.42. The largest absolute Gasteiger partial charge is 0.389 e. The van der Waals surface area contributed by atoms with Gasteiger partial charge < -0.3 is 16.2 Å². The molecule has 0 saturated heterocycles. The maximum atomic E-state index is 12.0. The van der Waals surface area contributed by atoms with Crippen LogP contribution in [0, 0.1) is 0 Å². The van der Waals surface area contributed by atoms with Crippen molar-refractivity contribution in [3.05, 3.63) is 17.0 Å². The number of carbonyl (C=O) groups excluding carboxylic acids is 2. The topological polar surface area (TPSA) is 95.7 Å². The molecule has 1 aliphatic rings. The Morgan fingerprint density at radius 3 is 2.76 bits per heavy atom. The molecular weight excluding hydrogens is 290 g/mol. The zero-order valence-corrected chi connectivity index (χ0v) is 12.9. The minimum absolute atomic E-state index is 0.165. The van der Waals surface area contributed by atoms with Crippen molar-refractivity contribution in [2.45, 2.75) is 31.3 Å². The third-order valence-corrected chi connectivity index (χ3v) is 4.53. The van der Waals surface area contributed by atoms with Gasteiger partial charge in [0.15, 0.2) is 0 Å². The van der Waals surface area contributed by atoms with E-state index in [4.69, 9.17) is 5.73 Å². The molecule has 0 aliphatic heterocycles. The highest BCUT2D eigenvalue weighted by atomic mass is 32.1. The van der Waals surface area contributed by atoms with Gasteiger partial charge in [-0.25, -0.2) is 0 Å². The van der Waals surface area contributed by atoms with Gasteiger partial charge in [0.2, 0.25) is 5.91 Å². The van der Waals surface area contributed by atoms with E-state index >= 15 is 0 Å². The first-order chi connectivity index (χ1) is 9.89. The molecule has 0 aromatic carbocycles. The number of amides is 2. The van der Waals surface area contributed by atoms with Gasteiger partial charge in [-0.3, -0.25) is 14.5 Å². The lowest BCUT2D eigenvalue weighted by Gasteiger charge is -2.28. The van der Waals surface area contributed by atoms with Crippen LogP contribution in [0.1, 0.15) is 36.0 Å². The molecular formula is C14H21N3O3S. The lowest BCUT2D eigenvalue weighted by atomic mass is 10.0. The van der Waals surface area contributed by atoms with Crippen molar-refractivity contribution >= 4 is 28.2 Å². The molecule has 0 unspecified atom stereocenters. The van der Waals surface area contributed by atoms with E-state index in [-0.39, 0.29) is 12.5 Å². The van der Waals surface area contributed by atoms with Gasteiger partial charge >= 0.3 is 0 Å². The molecule has 6 nitrogen and oxygen atoms in total. The summed E-state index contributed by atoms with van der Waals surface area (Å²) in [7, 11) is 1.80. The minimum Gasteiger partial charge on any atom is -0.389 e. The van der Waals surface area contributed by atoms with Crippen molar-refractivity contribution in [3.63, 3.8) is 0 Å². The summed E-state index contributed by atoms with van der Waals surface area (Å²) in [6.07, 6.45) is 3.65. The van der Waals surface area contributed by atoms with Crippen LogP contribution in [0.15, 0.2) is 11.4 Å². The number of rotatable bonds is 6. The average Bonchev–Trinajstić information content (AvgIpc) is 2.97. The molecule has 1 fully saturated rings. The summed E-state index contributed by atoms with van der Waals surface area (Å²) in [5.74, 6) is -0.774. The van der Waals surface area contributed by atoms with Gasteiger partial charge in [0.1, 0.15) is 5.00 Å². The molecule has 2 rings (SSSR count). The molecule has 116 valence electrons. The van der Waals surface area contributed by atoms with E-state index in [1.165, 1.54) is 11.3 Å². The number of carbonyl (C=O) groups is 2. The Morgan fingerprint density at radius 1 is 1.48 bits per heavy atom. The van der Waals surface area contributed by atoms with E-state index in [0.717, 1.165) is 25.7 Å². The third kappa shape index (κ3) is 4.26. The zero-order valence-electron chi connectivity index (χ0n) is 12.1. The number of primary amides is 1. The van der Waals surface area contributed by atoms with Crippen LogP contribution in [0.25, 0.3) is 0 Å². The van der Waals surface area contributed by atoms with Crippen LogP contribution in [0.5, 0.6) is 0 Å². The minimum atomic E-state index is -0.670. The van der Waals surface area contributed by atoms with Crippen molar-refractivity contribution in [2.75, 3.05) is 25.5 Å². The van der Waals surface area contributed by atoms with Gasteiger partial charge in [0.05, 0.1) is 17.7 Å². The third-order valence-electron chi connectivity index (χ3n) is 3.70. The monoisotopic (exact) mass is 311 g/mol. The van der Waals surface area contributed by atoms with Crippen LogP contribution in [0.2, 0.25) is 0 Å². The highest BCUT2D eigenvalue weighted by Gasteiger charge is 2.32. The summed E-state index contributed by atoms with van der Waals surface area (Å²) >= 11 is 1.26. The van der Waals surface area contributed by atoms with Crippen molar-refractivity contribution in [1.29, 1.82) is 0 Å². The predicted octanol–water partition coefficient (Wildman–Crippen LogP) is 1.02. The van der Waals surface area contributed by atoms with Crippen LogP contribution < -0.4 is 11.1 Å². The molecule has 21 heavy (non-hydrogen) atoms. The molecule has 1 heterocycles. The van der Waals surface area contributed by atoms with Crippen LogP contribution in [-0.2, 0) is 4.79 Å². The predicted molar refractivity (Wildman–Crippen MR) is 82.4 cm³/mol. The van der Waals surface area contributed by atoms with E-state index in [2.05, 4.69) is 5.32 Å². The number of hydrogen-bond donors (Lipinski definition) is 3. The van der Waals surface area contributed by atoms with Crippen molar-refractivity contribution in [2.24, 2.45) is 5.73 Å². The van der Waals surface area contributed by atoms with Crippen molar-refractivity contribution < 1.29 is 14.7 Å². The first kappa shape index (κ1) is 15.9. The molecule has 1 aromatic heterocycles. The van der Waals surface area contributed by atoms with Crippen LogP contribution >= 0.6 is 11.3 Å². The van der Waals surface area contributed by atoms with Crippen molar-refractivity contribution in [1.82, 2.24) is 4.90 Å². The van der Waals surface area contributed by atoms with Gasteiger partial charge in [-0.1, -0.05) is 12.8 Å². The molecule has 2 amide bonds. The number of nitrogens with one attached hydrogen (secondary N) is 1. The van der Waals surface area contributed by atoms with Gasteiger partial charge in [0, 0.05) is 6.54 Å². The quantitative estimate of drug-likeness (QED) is 0.731. The summed E-state index contributed by atoms with van der Waals surface area (Å²) in [5, 5.41) is 15.2. The Balaban J connectivity index is 1.86. The molecule has 7 heteroatoms. The van der Waals surface area contributed by atoms with E-state index in [9.17, 15) is 14.7 Å². The molecule has 0 atom stereocenters. The molecule has 4 N–H and O–H groups in total. The Labute approximate surface area is 127 Å². The summed E-state index contributed by atoms with van der Waals surface area (Å²) in [6, 6.07) is 1.59. The molecule has 1 aliphatic carbocycles. The Kier molecular flexibility index (Phi) is 4.97. The highest BCUT2D eigenvalue weighted by Crippen LogP contribution is 2.30. The van der Waals surface area contributed by atoms with Gasteiger partial charge in [-0.05, 0) is 31.3 Å². The van der Waals surface area contributed by atoms with Gasteiger partial charge in [0.25, 0.3) is 5.91 Å². The smallest absolute Gasteiger partial charge is 0.251 e. The first-order valence-electron chi connectivity index (χ1n) is 6.98. The van der Waals surface area contributed by atoms with Crippen LogP contribution in [-0.4, -0.2) is 47.6 Å². The fourth-order valence-electron chi connectivity index (χ4n) is 2.76. The second-order valence-corrected chi connectivity index (χ2v) is 6.60. The van der Waals surface area contributed by atoms with E-state index in [0.29, 0.717) is 17.1 Å². The molecule has 0 radical (unpaired) electrons. The Morgan fingerprint density at radius 2 is 2.14 bits per heavy atom. The fraction of sp³-hybridized carbons (Fsp3) is 0.571. The molecule has 1 aromatic rings. The first-order valence-corrected chi connectivity index (χ1v) is 7.86. The number of likely N-dealkylation sites (N-methyl/N-ethyl adjacent to an activating group) is 1. The normalized spacial score (nSPS) is 17.1. The standard InChI is InChI=1S/C14H21N3O3S/c1-17(9-14(20)5-2-3-6-14)8-11(18)16-13-10(12(15)19)4-7-21-13/h4,7,20H,2-3,5-6,8-9H2,1H3,(H2,15,19)(H,16,18). The Hall–Kier alpha value is -1.44. The number of thiophene rings is 1. The zero-order chi connectivity index (χ0) is 15.5. The Bertz CT molecular complexity index is 523. The second-order valence-electron chi connectivity index (χ2n) is 5.68. The summed E-state index contributed by atoms with van der Waals surface area (Å²) < 4.78 is 0. The SMILES string of the molecule is CN(CC(=O)Nc1sccc1C(N)=O)CC1(O)CCCC1. The average molecular weight is 311 g/mol. The molecule has 0 spiro atoms. The maximum absolute atomic E-state index is 12.0. The van der Waals surface area contributed by atoms with Crippen molar-refractivity contribution in [3.8, 4) is 0 Å². The number of aliphatic hydroxyl groups is 1. The van der Waals surface area contributed by atoms with E-state index < -0.39 is 11.5 Å². The summed E-state index contributed by atoms with van der Waals surface area (Å²) in [5.41, 5.74) is 4.89. The number of nitrogens with zero attached hydrogens (tertiary/aromatic N) is 1. The number of nitrogens with two attached hydrogens (primary N) is 1. The number of hydrogen-bond acceptors (Lipinski definition) is 5.